The molecule has 40 heavy (non-hydrogen) atoms. The molecular weight excluding hydrogens is 565 g/mol. The molecule has 4 aromatic rings. The first-order chi connectivity index (χ1) is 18.7. The van der Waals surface area contributed by atoms with Crippen molar-refractivity contribution in [2.24, 2.45) is 0 Å². The van der Waals surface area contributed by atoms with Crippen molar-refractivity contribution in [3.8, 4) is 11.1 Å². The van der Waals surface area contributed by atoms with Crippen LogP contribution in [-0.4, -0.2) is 29.1 Å². The van der Waals surface area contributed by atoms with E-state index in [0.717, 1.165) is 24.5 Å². The van der Waals surface area contributed by atoms with Crippen LogP contribution in [0.1, 0.15) is 11.1 Å². The standard InChI is InChI=1S/C28H23F3N2O5S2/c1-39(35,36)23-12-5-9-20(15-23)25-14-13-24(40(37,38)18-19-7-3-2-4-8-19)17-26(25)33-27(34)32-22-11-6-10-21(16-22)28(29,30)31/h2-17H,18H2,1H3,(H2,32,33,34). The van der Waals surface area contributed by atoms with Crippen LogP contribution in [0.3, 0.4) is 0 Å². The summed E-state index contributed by atoms with van der Waals surface area (Å²) in [6.07, 6.45) is -3.58. The molecule has 4 rings (SSSR count). The molecule has 0 saturated carbocycles. The summed E-state index contributed by atoms with van der Waals surface area (Å²) < 4.78 is 89.8. The topological polar surface area (TPSA) is 109 Å². The number of halogens is 3. The van der Waals surface area contributed by atoms with Gasteiger partial charge in [0.05, 0.1) is 26.8 Å². The molecule has 7 nitrogen and oxygen atoms in total. The smallest absolute Gasteiger partial charge is 0.308 e. The van der Waals surface area contributed by atoms with E-state index in [4.69, 9.17) is 0 Å². The Balaban J connectivity index is 1.73. The molecule has 208 valence electrons. The van der Waals surface area contributed by atoms with Gasteiger partial charge in [0.2, 0.25) is 0 Å². The number of hydrogen-bond acceptors (Lipinski definition) is 5. The van der Waals surface area contributed by atoms with E-state index in [1.807, 2.05) is 0 Å². The zero-order valence-corrected chi connectivity index (χ0v) is 22.6. The van der Waals surface area contributed by atoms with Gasteiger partial charge in [-0.25, -0.2) is 21.6 Å². The number of carbonyl (C=O) groups excluding carboxylic acids is 1. The fourth-order valence-corrected chi connectivity index (χ4v) is 5.94. The Morgan fingerprint density at radius 2 is 1.45 bits per heavy atom. The number of hydrogen-bond donors (Lipinski definition) is 2. The lowest BCUT2D eigenvalue weighted by Crippen LogP contribution is -2.20. The zero-order chi connectivity index (χ0) is 29.1. The van der Waals surface area contributed by atoms with E-state index in [-0.39, 0.29) is 26.9 Å². The van der Waals surface area contributed by atoms with Crippen molar-refractivity contribution >= 4 is 37.1 Å². The maximum atomic E-state index is 13.2. The molecule has 0 radical (unpaired) electrons. The summed E-state index contributed by atoms with van der Waals surface area (Å²) in [4.78, 5) is 12.7. The van der Waals surface area contributed by atoms with Crippen LogP contribution in [0.25, 0.3) is 11.1 Å². The SMILES string of the molecule is CS(=O)(=O)c1cccc(-c2ccc(S(=O)(=O)Cc3ccccc3)cc2NC(=O)Nc2cccc(C(F)(F)F)c2)c1. The van der Waals surface area contributed by atoms with Crippen LogP contribution in [0.5, 0.6) is 0 Å². The van der Waals surface area contributed by atoms with Crippen molar-refractivity contribution < 1.29 is 34.8 Å². The van der Waals surface area contributed by atoms with Crippen LogP contribution in [0.2, 0.25) is 0 Å². The second-order valence-corrected chi connectivity index (χ2v) is 12.9. The highest BCUT2D eigenvalue weighted by Gasteiger charge is 2.30. The summed E-state index contributed by atoms with van der Waals surface area (Å²) in [5, 5.41) is 4.82. The van der Waals surface area contributed by atoms with Gasteiger partial charge in [0.1, 0.15) is 0 Å². The third kappa shape index (κ3) is 7.07. The van der Waals surface area contributed by atoms with E-state index in [1.165, 1.54) is 42.5 Å². The molecule has 0 aliphatic heterocycles. The van der Waals surface area contributed by atoms with Crippen molar-refractivity contribution in [2.45, 2.75) is 21.7 Å². The van der Waals surface area contributed by atoms with Crippen molar-refractivity contribution in [1.29, 1.82) is 0 Å². The van der Waals surface area contributed by atoms with Crippen molar-refractivity contribution in [3.05, 3.63) is 108 Å². The summed E-state index contributed by atoms with van der Waals surface area (Å²) >= 11 is 0. The number of rotatable bonds is 7. The highest BCUT2D eigenvalue weighted by Crippen LogP contribution is 2.34. The third-order valence-corrected chi connectivity index (χ3v) is 8.61. The molecule has 0 bridgehead atoms. The van der Waals surface area contributed by atoms with Crippen molar-refractivity contribution in [1.82, 2.24) is 0 Å². The van der Waals surface area contributed by atoms with Gasteiger partial charge >= 0.3 is 12.2 Å². The molecule has 0 aromatic heterocycles. The van der Waals surface area contributed by atoms with Gasteiger partial charge < -0.3 is 10.6 Å². The maximum Gasteiger partial charge on any atom is 0.416 e. The van der Waals surface area contributed by atoms with Gasteiger partial charge in [-0.1, -0.05) is 54.6 Å². The molecule has 0 aliphatic rings. The summed E-state index contributed by atoms with van der Waals surface area (Å²) in [5.74, 6) is -0.313. The largest absolute Gasteiger partial charge is 0.416 e. The Labute approximate surface area is 229 Å². The van der Waals surface area contributed by atoms with E-state index >= 15 is 0 Å². The van der Waals surface area contributed by atoms with Gasteiger partial charge in [0.15, 0.2) is 19.7 Å². The molecule has 0 aliphatic carbocycles. The van der Waals surface area contributed by atoms with E-state index in [0.29, 0.717) is 16.7 Å². The Morgan fingerprint density at radius 1 is 0.750 bits per heavy atom. The number of amides is 2. The lowest BCUT2D eigenvalue weighted by Gasteiger charge is -2.16. The second-order valence-electron chi connectivity index (χ2n) is 8.91. The number of carbonyl (C=O) groups is 1. The average molecular weight is 589 g/mol. The monoisotopic (exact) mass is 588 g/mol. The summed E-state index contributed by atoms with van der Waals surface area (Å²) in [5.41, 5.74) is 0.111. The summed E-state index contributed by atoms with van der Waals surface area (Å²) in [7, 11) is -7.46. The van der Waals surface area contributed by atoms with Gasteiger partial charge in [-0.15, -0.1) is 0 Å². The number of urea groups is 1. The lowest BCUT2D eigenvalue weighted by molar-refractivity contribution is -0.137. The molecule has 0 atom stereocenters. The number of sulfone groups is 2. The van der Waals surface area contributed by atoms with E-state index in [9.17, 15) is 34.8 Å². The predicted octanol–water partition coefficient (Wildman–Crippen LogP) is 6.39. The van der Waals surface area contributed by atoms with Crippen LogP contribution in [0.4, 0.5) is 29.3 Å². The van der Waals surface area contributed by atoms with Gasteiger partial charge in [-0.3, -0.25) is 0 Å². The van der Waals surface area contributed by atoms with Gasteiger partial charge in [0, 0.05) is 17.5 Å². The fourth-order valence-electron chi connectivity index (χ4n) is 3.90. The first-order valence-electron chi connectivity index (χ1n) is 11.7. The van der Waals surface area contributed by atoms with Crippen LogP contribution < -0.4 is 10.6 Å². The molecule has 2 N–H and O–H groups in total. The third-order valence-electron chi connectivity index (χ3n) is 5.82. The quantitative estimate of drug-likeness (QED) is 0.260. The molecule has 0 saturated heterocycles. The minimum Gasteiger partial charge on any atom is -0.308 e. The first-order valence-corrected chi connectivity index (χ1v) is 15.2. The lowest BCUT2D eigenvalue weighted by atomic mass is 10.0. The van der Waals surface area contributed by atoms with E-state index in [2.05, 4.69) is 10.6 Å². The van der Waals surface area contributed by atoms with Crippen LogP contribution in [0, 0.1) is 0 Å². The first kappa shape index (κ1) is 28.8. The van der Waals surface area contributed by atoms with Crippen LogP contribution >= 0.6 is 0 Å². The second kappa shape index (κ2) is 11.1. The van der Waals surface area contributed by atoms with Crippen LogP contribution in [0.15, 0.2) is 107 Å². The predicted molar refractivity (Wildman–Crippen MR) is 146 cm³/mol. The van der Waals surface area contributed by atoms with Crippen LogP contribution in [-0.2, 0) is 31.6 Å². The molecular formula is C28H23F3N2O5S2. The summed E-state index contributed by atoms with van der Waals surface area (Å²) in [6.45, 7) is 0. The Kier molecular flexibility index (Phi) is 8.03. The zero-order valence-electron chi connectivity index (χ0n) is 20.9. The molecule has 0 heterocycles. The number of benzene rings is 4. The highest BCUT2D eigenvalue weighted by molar-refractivity contribution is 7.91. The summed E-state index contributed by atoms with van der Waals surface area (Å²) in [6, 6.07) is 21.4. The number of nitrogens with one attached hydrogen (secondary N) is 2. The van der Waals surface area contributed by atoms with Gasteiger partial charge in [-0.05, 0) is 53.6 Å². The van der Waals surface area contributed by atoms with Gasteiger partial charge in [0.25, 0.3) is 0 Å². The fraction of sp³-hybridized carbons (Fsp3) is 0.107. The Bertz CT molecular complexity index is 1770. The highest BCUT2D eigenvalue weighted by atomic mass is 32.2. The number of anilines is 2. The number of alkyl halides is 3. The molecule has 12 heteroatoms. The Hall–Kier alpha value is -4.16. The minimum absolute atomic E-state index is 0.00395. The Morgan fingerprint density at radius 3 is 2.12 bits per heavy atom. The van der Waals surface area contributed by atoms with E-state index < -0.39 is 37.4 Å². The minimum atomic E-state index is -4.62. The van der Waals surface area contributed by atoms with Crippen molar-refractivity contribution in [2.75, 3.05) is 16.9 Å². The van der Waals surface area contributed by atoms with E-state index in [1.54, 1.807) is 36.4 Å². The maximum absolute atomic E-state index is 13.2. The molecule has 2 amide bonds. The van der Waals surface area contributed by atoms with Crippen molar-refractivity contribution in [3.63, 3.8) is 0 Å². The molecule has 0 spiro atoms. The average Bonchev–Trinajstić information content (AvgIpc) is 2.88. The molecule has 0 fully saturated rings. The normalized spacial score (nSPS) is 12.1. The van der Waals surface area contributed by atoms with Gasteiger partial charge in [-0.2, -0.15) is 13.2 Å². The molecule has 4 aromatic carbocycles. The molecule has 0 unspecified atom stereocenters.